The molecule has 3 nitrogen and oxygen atoms in total. The SMILES string of the molecule is CCc1nc(C)c2c(-c3ccc(Br)cc3)nc3ccccc3n12. The molecule has 4 aromatic rings. The maximum Gasteiger partial charge on any atom is 0.113 e. The summed E-state index contributed by atoms with van der Waals surface area (Å²) in [7, 11) is 0. The van der Waals surface area contributed by atoms with Crippen molar-refractivity contribution in [3.63, 3.8) is 0 Å². The van der Waals surface area contributed by atoms with Gasteiger partial charge in [-0.3, -0.25) is 4.40 Å². The summed E-state index contributed by atoms with van der Waals surface area (Å²) in [5, 5.41) is 0. The Morgan fingerprint density at radius 2 is 1.74 bits per heavy atom. The van der Waals surface area contributed by atoms with Crippen molar-refractivity contribution in [3.05, 3.63) is 64.5 Å². The summed E-state index contributed by atoms with van der Waals surface area (Å²) >= 11 is 3.50. The zero-order valence-electron chi connectivity index (χ0n) is 13.0. The van der Waals surface area contributed by atoms with Crippen molar-refractivity contribution in [2.24, 2.45) is 0 Å². The van der Waals surface area contributed by atoms with Crippen LogP contribution in [-0.4, -0.2) is 14.4 Å². The zero-order chi connectivity index (χ0) is 16.0. The number of benzene rings is 2. The summed E-state index contributed by atoms with van der Waals surface area (Å²) in [4.78, 5) is 9.71. The Balaban J connectivity index is 2.18. The number of halogens is 1. The first-order valence-electron chi connectivity index (χ1n) is 7.71. The molecule has 0 N–H and O–H groups in total. The Morgan fingerprint density at radius 3 is 2.48 bits per heavy atom. The lowest BCUT2D eigenvalue weighted by atomic mass is 10.1. The number of fused-ring (bicyclic) bond motifs is 3. The van der Waals surface area contributed by atoms with Gasteiger partial charge in [0.05, 0.1) is 27.9 Å². The monoisotopic (exact) mass is 365 g/mol. The molecule has 0 spiro atoms. The van der Waals surface area contributed by atoms with Gasteiger partial charge in [-0.05, 0) is 31.2 Å². The molecule has 114 valence electrons. The molecular weight excluding hydrogens is 350 g/mol. The second-order valence-electron chi connectivity index (χ2n) is 5.61. The van der Waals surface area contributed by atoms with Crippen LogP contribution in [0.2, 0.25) is 0 Å². The van der Waals surface area contributed by atoms with Gasteiger partial charge in [0, 0.05) is 16.5 Å². The first kappa shape index (κ1) is 14.4. The number of hydrogen-bond acceptors (Lipinski definition) is 2. The molecule has 2 heterocycles. The van der Waals surface area contributed by atoms with Crippen LogP contribution >= 0.6 is 15.9 Å². The third kappa shape index (κ3) is 2.25. The van der Waals surface area contributed by atoms with Gasteiger partial charge in [0.15, 0.2) is 0 Å². The van der Waals surface area contributed by atoms with Gasteiger partial charge >= 0.3 is 0 Å². The molecule has 0 aliphatic rings. The van der Waals surface area contributed by atoms with E-state index in [0.717, 1.165) is 50.2 Å². The van der Waals surface area contributed by atoms with Crippen LogP contribution in [0.5, 0.6) is 0 Å². The largest absolute Gasteiger partial charge is 0.292 e. The molecule has 0 atom stereocenters. The van der Waals surface area contributed by atoms with Gasteiger partial charge in [-0.25, -0.2) is 9.97 Å². The summed E-state index contributed by atoms with van der Waals surface area (Å²) in [6.07, 6.45) is 0.892. The van der Waals surface area contributed by atoms with Crippen molar-refractivity contribution in [2.45, 2.75) is 20.3 Å². The highest BCUT2D eigenvalue weighted by molar-refractivity contribution is 9.10. The molecule has 2 aromatic carbocycles. The summed E-state index contributed by atoms with van der Waals surface area (Å²) in [5.74, 6) is 1.08. The molecular formula is C19H16BrN3. The molecule has 0 unspecified atom stereocenters. The second kappa shape index (κ2) is 5.46. The molecule has 0 aliphatic heterocycles. The normalized spacial score (nSPS) is 11.4. The molecule has 0 aliphatic carbocycles. The number of nitrogens with zero attached hydrogens (tertiary/aromatic N) is 3. The van der Waals surface area contributed by atoms with Crippen LogP contribution in [0.25, 0.3) is 27.8 Å². The minimum Gasteiger partial charge on any atom is -0.292 e. The molecule has 0 saturated carbocycles. The van der Waals surface area contributed by atoms with Gasteiger partial charge in [0.2, 0.25) is 0 Å². The molecule has 2 aromatic heterocycles. The van der Waals surface area contributed by atoms with E-state index in [-0.39, 0.29) is 0 Å². The van der Waals surface area contributed by atoms with Gasteiger partial charge in [-0.2, -0.15) is 0 Å². The Labute approximate surface area is 143 Å². The smallest absolute Gasteiger partial charge is 0.113 e. The number of rotatable bonds is 2. The second-order valence-corrected chi connectivity index (χ2v) is 6.52. The summed E-state index contributed by atoms with van der Waals surface area (Å²) in [5.41, 5.74) is 6.32. The van der Waals surface area contributed by atoms with Crippen molar-refractivity contribution in [3.8, 4) is 11.3 Å². The van der Waals surface area contributed by atoms with Crippen molar-refractivity contribution in [1.82, 2.24) is 14.4 Å². The summed E-state index contributed by atoms with van der Waals surface area (Å²) in [6, 6.07) is 16.6. The minimum absolute atomic E-state index is 0.892. The molecule has 0 amide bonds. The fraction of sp³-hybridized carbons (Fsp3) is 0.158. The average molecular weight is 366 g/mol. The number of para-hydroxylation sites is 2. The predicted octanol–water partition coefficient (Wildman–Crippen LogP) is 5.18. The van der Waals surface area contributed by atoms with Crippen molar-refractivity contribution < 1.29 is 0 Å². The van der Waals surface area contributed by atoms with E-state index >= 15 is 0 Å². The summed E-state index contributed by atoms with van der Waals surface area (Å²) in [6.45, 7) is 4.20. The maximum absolute atomic E-state index is 4.94. The Kier molecular flexibility index (Phi) is 3.42. The maximum atomic E-state index is 4.94. The van der Waals surface area contributed by atoms with Gasteiger partial charge in [0.1, 0.15) is 5.82 Å². The number of aromatic nitrogens is 3. The highest BCUT2D eigenvalue weighted by Crippen LogP contribution is 2.30. The van der Waals surface area contributed by atoms with Crippen LogP contribution in [-0.2, 0) is 6.42 Å². The van der Waals surface area contributed by atoms with E-state index in [2.05, 4.69) is 76.6 Å². The first-order valence-corrected chi connectivity index (χ1v) is 8.51. The van der Waals surface area contributed by atoms with Crippen LogP contribution < -0.4 is 0 Å². The van der Waals surface area contributed by atoms with Gasteiger partial charge < -0.3 is 0 Å². The lowest BCUT2D eigenvalue weighted by Gasteiger charge is -2.10. The summed E-state index contributed by atoms with van der Waals surface area (Å²) < 4.78 is 3.33. The van der Waals surface area contributed by atoms with Crippen molar-refractivity contribution >= 4 is 32.5 Å². The highest BCUT2D eigenvalue weighted by Gasteiger charge is 2.16. The molecule has 23 heavy (non-hydrogen) atoms. The fourth-order valence-corrected chi connectivity index (χ4v) is 3.36. The number of hydrogen-bond donors (Lipinski definition) is 0. The quantitative estimate of drug-likeness (QED) is 0.489. The minimum atomic E-state index is 0.892. The molecule has 4 heteroatoms. The van der Waals surface area contributed by atoms with Crippen LogP contribution in [0.1, 0.15) is 18.4 Å². The first-order chi connectivity index (χ1) is 11.2. The van der Waals surface area contributed by atoms with E-state index in [1.54, 1.807) is 0 Å². The topological polar surface area (TPSA) is 30.2 Å². The van der Waals surface area contributed by atoms with Crippen molar-refractivity contribution in [2.75, 3.05) is 0 Å². The average Bonchev–Trinajstić information content (AvgIpc) is 2.92. The van der Waals surface area contributed by atoms with E-state index in [1.165, 1.54) is 0 Å². The molecule has 0 saturated heterocycles. The number of aryl methyl sites for hydroxylation is 2. The van der Waals surface area contributed by atoms with Gasteiger partial charge in [-0.1, -0.05) is 47.1 Å². The lowest BCUT2D eigenvalue weighted by Crippen LogP contribution is -1.99. The fourth-order valence-electron chi connectivity index (χ4n) is 3.09. The Bertz CT molecular complexity index is 1020. The zero-order valence-corrected chi connectivity index (χ0v) is 14.6. The number of imidazole rings is 1. The van der Waals surface area contributed by atoms with Crippen LogP contribution in [0.3, 0.4) is 0 Å². The standard InChI is InChI=1S/C19H16BrN3/c1-3-17-21-12(2)19-18(13-8-10-14(20)11-9-13)22-15-6-4-5-7-16(15)23(17)19/h4-11H,3H2,1-2H3. The van der Waals surface area contributed by atoms with Crippen LogP contribution in [0.15, 0.2) is 53.0 Å². The molecule has 4 rings (SSSR count). The highest BCUT2D eigenvalue weighted by atomic mass is 79.9. The molecule has 0 bridgehead atoms. The third-order valence-electron chi connectivity index (χ3n) is 4.13. The third-order valence-corrected chi connectivity index (χ3v) is 4.66. The van der Waals surface area contributed by atoms with E-state index in [9.17, 15) is 0 Å². The predicted molar refractivity (Wildman–Crippen MR) is 97.7 cm³/mol. The van der Waals surface area contributed by atoms with Crippen molar-refractivity contribution in [1.29, 1.82) is 0 Å². The Hall–Kier alpha value is -2.20. The Morgan fingerprint density at radius 1 is 1.00 bits per heavy atom. The van der Waals surface area contributed by atoms with Crippen LogP contribution in [0.4, 0.5) is 0 Å². The molecule has 0 fully saturated rings. The van der Waals surface area contributed by atoms with E-state index < -0.39 is 0 Å². The van der Waals surface area contributed by atoms with Gasteiger partial charge in [-0.15, -0.1) is 0 Å². The van der Waals surface area contributed by atoms with E-state index in [4.69, 9.17) is 9.97 Å². The molecule has 0 radical (unpaired) electrons. The lowest BCUT2D eigenvalue weighted by molar-refractivity contribution is 0.945. The van der Waals surface area contributed by atoms with E-state index in [0.29, 0.717) is 0 Å². The van der Waals surface area contributed by atoms with Crippen LogP contribution in [0, 0.1) is 6.92 Å². The van der Waals surface area contributed by atoms with Gasteiger partial charge in [0.25, 0.3) is 0 Å². The van der Waals surface area contributed by atoms with E-state index in [1.807, 2.05) is 6.07 Å².